The van der Waals surface area contributed by atoms with E-state index < -0.39 is 24.9 Å². The van der Waals surface area contributed by atoms with Crippen molar-refractivity contribution in [2.24, 2.45) is 0 Å². The predicted molar refractivity (Wildman–Crippen MR) is 158 cm³/mol. The minimum Gasteiger partial charge on any atom is -0.379 e. The molecule has 0 spiro atoms. The average Bonchev–Trinajstić information content (AvgIpc) is 3.46. The fraction of sp³-hybridized carbons (Fsp3) is 0.500. The number of ether oxygens (including phenoxy) is 1. The van der Waals surface area contributed by atoms with Crippen molar-refractivity contribution in [1.29, 1.82) is 0 Å². The molecule has 0 radical (unpaired) electrons. The molecule has 1 aromatic carbocycles. The molecule has 2 saturated heterocycles. The van der Waals surface area contributed by atoms with Crippen LogP contribution < -0.4 is 0 Å². The van der Waals surface area contributed by atoms with Crippen molar-refractivity contribution in [2.75, 3.05) is 52.5 Å². The number of amides is 2. The lowest BCUT2D eigenvalue weighted by Gasteiger charge is -2.40. The molecule has 0 saturated carbocycles. The molecule has 12 heteroatoms. The van der Waals surface area contributed by atoms with E-state index in [9.17, 15) is 22.8 Å². The average molecular weight is 611 g/mol. The molecule has 0 atom stereocenters. The molecule has 234 valence electrons. The highest BCUT2D eigenvalue weighted by molar-refractivity contribution is 5.94. The third-order valence-electron chi connectivity index (χ3n) is 8.81. The van der Waals surface area contributed by atoms with Crippen LogP contribution in [0.25, 0.3) is 11.2 Å². The molecule has 0 aliphatic carbocycles. The van der Waals surface area contributed by atoms with Crippen LogP contribution >= 0.6 is 0 Å². The number of benzene rings is 1. The van der Waals surface area contributed by atoms with E-state index in [2.05, 4.69) is 10.00 Å². The van der Waals surface area contributed by atoms with Gasteiger partial charge in [0.25, 0.3) is 5.91 Å². The quantitative estimate of drug-likeness (QED) is 0.399. The second kappa shape index (κ2) is 13.1. The number of alkyl halides is 3. The smallest absolute Gasteiger partial charge is 0.379 e. The minimum atomic E-state index is -4.34. The van der Waals surface area contributed by atoms with Gasteiger partial charge in [-0.2, -0.15) is 18.3 Å². The number of nitrogens with zero attached hydrogens (tertiary/aromatic N) is 6. The van der Waals surface area contributed by atoms with Gasteiger partial charge in [0.2, 0.25) is 5.91 Å². The number of halogens is 3. The van der Waals surface area contributed by atoms with Crippen molar-refractivity contribution in [2.45, 2.75) is 50.7 Å². The van der Waals surface area contributed by atoms with Crippen LogP contribution in [0.1, 0.15) is 59.4 Å². The van der Waals surface area contributed by atoms with Crippen molar-refractivity contribution in [3.63, 3.8) is 0 Å². The van der Waals surface area contributed by atoms with E-state index in [4.69, 9.17) is 9.72 Å². The van der Waals surface area contributed by atoms with E-state index in [-0.39, 0.29) is 12.5 Å². The second-order valence-corrected chi connectivity index (χ2v) is 11.7. The molecule has 9 nitrogen and oxygen atoms in total. The third kappa shape index (κ3) is 7.13. The number of carbonyl (C=O) groups excluding carboxylic acids is 2. The Labute approximate surface area is 254 Å². The van der Waals surface area contributed by atoms with Crippen LogP contribution in [0, 0.1) is 0 Å². The van der Waals surface area contributed by atoms with Gasteiger partial charge in [0.05, 0.1) is 19.6 Å². The van der Waals surface area contributed by atoms with E-state index in [0.29, 0.717) is 42.5 Å². The Hall–Kier alpha value is -3.77. The van der Waals surface area contributed by atoms with Crippen LogP contribution in [-0.2, 0) is 16.0 Å². The van der Waals surface area contributed by atoms with Gasteiger partial charge in [-0.15, -0.1) is 0 Å². The second-order valence-electron chi connectivity index (χ2n) is 11.7. The third-order valence-corrected chi connectivity index (χ3v) is 8.81. The van der Waals surface area contributed by atoms with Crippen molar-refractivity contribution >= 4 is 23.0 Å². The molecule has 3 aliphatic heterocycles. The number of carbonyl (C=O) groups is 2. The maximum Gasteiger partial charge on any atom is 0.389 e. The highest BCUT2D eigenvalue weighted by atomic mass is 19.4. The number of piperidine rings is 1. The van der Waals surface area contributed by atoms with Gasteiger partial charge in [-0.25, -0.2) is 9.50 Å². The van der Waals surface area contributed by atoms with Crippen molar-refractivity contribution in [3.8, 4) is 0 Å². The summed E-state index contributed by atoms with van der Waals surface area (Å²) in [5.41, 5.74) is 4.25. The molecule has 3 aromatic rings. The monoisotopic (exact) mass is 610 g/mol. The number of rotatable bonds is 7. The van der Waals surface area contributed by atoms with Crippen LogP contribution in [0.4, 0.5) is 13.2 Å². The molecular formula is C32H37F3N6O3. The first-order valence-corrected chi connectivity index (χ1v) is 15.3. The lowest BCUT2D eigenvalue weighted by molar-refractivity contribution is -0.148. The molecule has 2 aromatic heterocycles. The van der Waals surface area contributed by atoms with Crippen molar-refractivity contribution < 1.29 is 27.5 Å². The molecule has 44 heavy (non-hydrogen) atoms. The van der Waals surface area contributed by atoms with Crippen LogP contribution in [0.2, 0.25) is 0 Å². The standard InChI is InChI=1S/C32H37F3N6O3/c33-32(34,35)12-7-29(42)39-14-8-24(9-15-39)27-2-1-13-41-30(27)36-28(37-41)22-23-3-5-25(6-4-23)31(43)40-16-10-26(11-17-40)38-18-20-44-21-19-38/h1-6,8,13,26H,7,9-12,14-22H2. The zero-order valence-electron chi connectivity index (χ0n) is 24.6. The van der Waals surface area contributed by atoms with Gasteiger partial charge in [-0.05, 0) is 54.7 Å². The molecule has 0 N–H and O–H groups in total. The van der Waals surface area contributed by atoms with E-state index in [1.165, 1.54) is 4.90 Å². The number of fused-ring (bicyclic) bond motifs is 1. The Morgan fingerprint density at radius 3 is 2.39 bits per heavy atom. The summed E-state index contributed by atoms with van der Waals surface area (Å²) in [6.45, 7) is 5.67. The molecule has 0 bridgehead atoms. The predicted octanol–water partition coefficient (Wildman–Crippen LogP) is 4.22. The highest BCUT2D eigenvalue weighted by Gasteiger charge is 2.30. The summed E-state index contributed by atoms with van der Waals surface area (Å²) >= 11 is 0. The van der Waals surface area contributed by atoms with Gasteiger partial charge in [0.15, 0.2) is 11.5 Å². The number of hydrogen-bond donors (Lipinski definition) is 0. The van der Waals surface area contributed by atoms with Gasteiger partial charge < -0.3 is 14.5 Å². The number of morpholine rings is 1. The van der Waals surface area contributed by atoms with Gasteiger partial charge in [-0.3, -0.25) is 14.5 Å². The van der Waals surface area contributed by atoms with E-state index in [1.807, 2.05) is 53.6 Å². The molecular weight excluding hydrogens is 573 g/mol. The zero-order valence-corrected chi connectivity index (χ0v) is 24.6. The van der Waals surface area contributed by atoms with Gasteiger partial charge >= 0.3 is 6.18 Å². The summed E-state index contributed by atoms with van der Waals surface area (Å²) in [5, 5.41) is 4.65. The molecule has 5 heterocycles. The van der Waals surface area contributed by atoms with Gasteiger partial charge in [-0.1, -0.05) is 18.2 Å². The summed E-state index contributed by atoms with van der Waals surface area (Å²) in [4.78, 5) is 36.1. The SMILES string of the molecule is O=C(CCC(F)(F)F)N1CC=C(c2cccn3nc(Cc4ccc(C(=O)N5CCC(N6CCOCC6)CC5)cc4)nc23)CC1. The maximum atomic E-state index is 13.2. The normalized spacial score (nSPS) is 18.9. The first-order chi connectivity index (χ1) is 21.2. The zero-order chi connectivity index (χ0) is 30.7. The van der Waals surface area contributed by atoms with Gasteiger partial charge in [0, 0.05) is 75.5 Å². The number of aromatic nitrogens is 3. The Morgan fingerprint density at radius 1 is 0.955 bits per heavy atom. The summed E-state index contributed by atoms with van der Waals surface area (Å²) in [7, 11) is 0. The minimum absolute atomic E-state index is 0.0637. The number of pyridine rings is 1. The molecule has 2 amide bonds. The fourth-order valence-electron chi connectivity index (χ4n) is 6.33. The number of hydrogen-bond acceptors (Lipinski definition) is 6. The van der Waals surface area contributed by atoms with Crippen molar-refractivity contribution in [3.05, 3.63) is 71.2 Å². The summed E-state index contributed by atoms with van der Waals surface area (Å²) in [5.74, 6) is 0.220. The first-order valence-electron chi connectivity index (χ1n) is 15.3. The first kappa shape index (κ1) is 30.3. The largest absolute Gasteiger partial charge is 0.389 e. The van der Waals surface area contributed by atoms with E-state index in [0.717, 1.165) is 68.9 Å². The fourth-order valence-corrected chi connectivity index (χ4v) is 6.33. The lowest BCUT2D eigenvalue weighted by atomic mass is 10.00. The van der Waals surface area contributed by atoms with Crippen LogP contribution in [-0.4, -0.2) is 106 Å². The van der Waals surface area contributed by atoms with Crippen LogP contribution in [0.3, 0.4) is 0 Å². The molecule has 6 rings (SSSR count). The Balaban J connectivity index is 1.06. The molecule has 0 unspecified atom stereocenters. The number of likely N-dealkylation sites (tertiary alicyclic amines) is 1. The summed E-state index contributed by atoms with van der Waals surface area (Å²) < 4.78 is 44.8. The Morgan fingerprint density at radius 2 is 1.70 bits per heavy atom. The maximum absolute atomic E-state index is 13.2. The van der Waals surface area contributed by atoms with Crippen LogP contribution in [0.15, 0.2) is 48.7 Å². The highest BCUT2D eigenvalue weighted by Crippen LogP contribution is 2.27. The van der Waals surface area contributed by atoms with Crippen molar-refractivity contribution in [1.82, 2.24) is 29.3 Å². The van der Waals surface area contributed by atoms with Crippen LogP contribution in [0.5, 0.6) is 0 Å². The summed E-state index contributed by atoms with van der Waals surface area (Å²) in [6.07, 6.45) is 0.749. The molecule has 3 aliphatic rings. The summed E-state index contributed by atoms with van der Waals surface area (Å²) in [6, 6.07) is 12.0. The topological polar surface area (TPSA) is 83.3 Å². The Bertz CT molecular complexity index is 1510. The van der Waals surface area contributed by atoms with E-state index in [1.54, 1.807) is 4.52 Å². The van der Waals surface area contributed by atoms with Gasteiger partial charge in [0.1, 0.15) is 0 Å². The Kier molecular flexibility index (Phi) is 8.99. The van der Waals surface area contributed by atoms with E-state index >= 15 is 0 Å². The molecule has 2 fully saturated rings. The lowest BCUT2D eigenvalue weighted by Crippen LogP contribution is -2.50.